The van der Waals surface area contributed by atoms with Crippen LogP contribution in [0.1, 0.15) is 17.3 Å². The smallest absolute Gasteiger partial charge is 0.337 e. The van der Waals surface area contributed by atoms with Gasteiger partial charge in [0.15, 0.2) is 0 Å². The largest absolute Gasteiger partial charge is 0.478 e. The average Bonchev–Trinajstić information content (AvgIpc) is 2.35. The summed E-state index contributed by atoms with van der Waals surface area (Å²) in [5, 5.41) is 14.6. The number of hydrogen-bond donors (Lipinski definition) is 3. The molecule has 3 N–H and O–H groups in total. The van der Waals surface area contributed by atoms with E-state index in [0.717, 1.165) is 0 Å². The highest BCUT2D eigenvalue weighted by Crippen LogP contribution is 2.21. The zero-order valence-corrected chi connectivity index (χ0v) is 13.0. The summed E-state index contributed by atoms with van der Waals surface area (Å²) in [6.07, 6.45) is 1.96. The van der Waals surface area contributed by atoms with Crippen LogP contribution in [0, 0.1) is 0 Å². The summed E-state index contributed by atoms with van der Waals surface area (Å²) in [6.45, 7) is 2.51. The van der Waals surface area contributed by atoms with Crippen LogP contribution in [-0.2, 0) is 0 Å². The van der Waals surface area contributed by atoms with Gasteiger partial charge >= 0.3 is 12.0 Å². The van der Waals surface area contributed by atoms with E-state index in [-0.39, 0.29) is 11.3 Å². The number of hydrogen-bond acceptors (Lipinski definition) is 3. The number of aromatic carboxylic acids is 1. The van der Waals surface area contributed by atoms with Crippen molar-refractivity contribution in [2.24, 2.45) is 0 Å². The van der Waals surface area contributed by atoms with Crippen molar-refractivity contribution < 1.29 is 14.7 Å². The highest BCUT2D eigenvalue weighted by molar-refractivity contribution is 9.10. The van der Waals surface area contributed by atoms with E-state index in [4.69, 9.17) is 5.11 Å². The van der Waals surface area contributed by atoms with Gasteiger partial charge in [-0.25, -0.2) is 9.59 Å². The maximum Gasteiger partial charge on any atom is 0.337 e. The van der Waals surface area contributed by atoms with Crippen LogP contribution < -0.4 is 10.6 Å². The molecule has 1 rings (SSSR count). The lowest BCUT2D eigenvalue weighted by molar-refractivity contribution is 0.0698. The highest BCUT2D eigenvalue weighted by Gasteiger charge is 2.13. The molecule has 2 amide bonds. The van der Waals surface area contributed by atoms with Gasteiger partial charge in [-0.3, -0.25) is 0 Å². The van der Waals surface area contributed by atoms with Gasteiger partial charge in [0.05, 0.1) is 11.3 Å². The zero-order chi connectivity index (χ0) is 14.4. The van der Waals surface area contributed by atoms with Gasteiger partial charge in [0.2, 0.25) is 0 Å². The lowest BCUT2D eigenvalue weighted by atomic mass is 10.2. The van der Waals surface area contributed by atoms with E-state index in [1.165, 1.54) is 6.07 Å². The first kappa shape index (κ1) is 15.8. The van der Waals surface area contributed by atoms with Crippen molar-refractivity contribution in [3.8, 4) is 0 Å². The average molecular weight is 347 g/mol. The first-order valence-electron chi connectivity index (χ1n) is 5.54. The van der Waals surface area contributed by atoms with Crippen LogP contribution in [0.3, 0.4) is 0 Å². The molecule has 1 unspecified atom stereocenters. The molecule has 0 fully saturated rings. The fourth-order valence-electron chi connectivity index (χ4n) is 1.29. The van der Waals surface area contributed by atoms with Crippen LogP contribution in [0.2, 0.25) is 0 Å². The number of rotatable bonds is 5. The molecule has 0 aromatic heterocycles. The van der Waals surface area contributed by atoms with Crippen LogP contribution in [0.25, 0.3) is 0 Å². The van der Waals surface area contributed by atoms with Crippen molar-refractivity contribution in [3.63, 3.8) is 0 Å². The van der Waals surface area contributed by atoms with Crippen molar-refractivity contribution in [1.82, 2.24) is 5.32 Å². The summed E-state index contributed by atoms with van der Waals surface area (Å²) in [7, 11) is 0. The Hall–Kier alpha value is -1.21. The molecule has 0 saturated heterocycles. The number of nitrogens with one attached hydrogen (secondary N) is 2. The number of urea groups is 1. The van der Waals surface area contributed by atoms with Crippen LogP contribution in [-0.4, -0.2) is 35.2 Å². The quantitative estimate of drug-likeness (QED) is 0.765. The zero-order valence-electron chi connectivity index (χ0n) is 10.6. The van der Waals surface area contributed by atoms with E-state index in [2.05, 4.69) is 26.6 Å². The number of halogens is 1. The van der Waals surface area contributed by atoms with E-state index in [1.54, 1.807) is 23.9 Å². The first-order valence-corrected chi connectivity index (χ1v) is 7.62. The van der Waals surface area contributed by atoms with Gasteiger partial charge in [-0.05, 0) is 24.5 Å². The topological polar surface area (TPSA) is 78.4 Å². The number of carboxylic acids is 1. The number of carboxylic acid groups (broad SMARTS) is 1. The molecule has 1 aromatic carbocycles. The molecule has 1 atom stereocenters. The summed E-state index contributed by atoms with van der Waals surface area (Å²) in [6, 6.07) is 4.19. The molecular formula is C12H15BrN2O3S. The minimum Gasteiger partial charge on any atom is -0.478 e. The summed E-state index contributed by atoms with van der Waals surface area (Å²) in [5.74, 6) is -1.08. The number of thioether (sulfide) groups is 1. The highest BCUT2D eigenvalue weighted by atomic mass is 79.9. The molecule has 0 heterocycles. The Morgan fingerprint density at radius 2 is 2.16 bits per heavy atom. The number of carbonyl (C=O) groups excluding carboxylic acids is 1. The lowest BCUT2D eigenvalue weighted by Gasteiger charge is -2.12. The maximum atomic E-state index is 11.7. The van der Waals surface area contributed by atoms with Crippen LogP contribution >= 0.6 is 27.7 Å². The van der Waals surface area contributed by atoms with E-state index in [1.807, 2.05) is 13.2 Å². The molecule has 0 aliphatic rings. The summed E-state index contributed by atoms with van der Waals surface area (Å²) >= 11 is 4.88. The molecule has 0 saturated carbocycles. The molecule has 7 heteroatoms. The summed E-state index contributed by atoms with van der Waals surface area (Å²) in [4.78, 5) is 22.7. The standard InChI is InChI=1S/C12H15BrN2O3S/c1-7(19-2)6-14-12(18)15-10-5-8(13)3-4-9(10)11(16)17/h3-5,7H,6H2,1-2H3,(H,16,17)(H2,14,15,18). The van der Waals surface area contributed by atoms with Crippen molar-refractivity contribution in [2.75, 3.05) is 18.1 Å². The summed E-state index contributed by atoms with van der Waals surface area (Å²) < 4.78 is 0.699. The molecule has 19 heavy (non-hydrogen) atoms. The van der Waals surface area contributed by atoms with E-state index in [0.29, 0.717) is 16.3 Å². The van der Waals surface area contributed by atoms with Crippen LogP contribution in [0.4, 0.5) is 10.5 Å². The predicted octanol–water partition coefficient (Wildman–Crippen LogP) is 3.02. The van der Waals surface area contributed by atoms with Crippen molar-refractivity contribution in [2.45, 2.75) is 12.2 Å². The molecule has 5 nitrogen and oxygen atoms in total. The molecule has 0 bridgehead atoms. The lowest BCUT2D eigenvalue weighted by Crippen LogP contribution is -2.33. The molecule has 1 aromatic rings. The van der Waals surface area contributed by atoms with Gasteiger partial charge in [-0.2, -0.15) is 11.8 Å². The van der Waals surface area contributed by atoms with E-state index < -0.39 is 12.0 Å². The summed E-state index contributed by atoms with van der Waals surface area (Å²) in [5.41, 5.74) is 0.312. The first-order chi connectivity index (χ1) is 8.93. The van der Waals surface area contributed by atoms with Gasteiger partial charge < -0.3 is 15.7 Å². The molecule has 0 radical (unpaired) electrons. The normalized spacial score (nSPS) is 11.7. The Bertz CT molecular complexity index is 482. The Morgan fingerprint density at radius 3 is 2.74 bits per heavy atom. The van der Waals surface area contributed by atoms with E-state index in [9.17, 15) is 9.59 Å². The van der Waals surface area contributed by atoms with Gasteiger partial charge in [0, 0.05) is 16.3 Å². The number of benzene rings is 1. The van der Waals surface area contributed by atoms with Crippen LogP contribution in [0.5, 0.6) is 0 Å². The second-order valence-electron chi connectivity index (χ2n) is 3.88. The molecule has 0 spiro atoms. The van der Waals surface area contributed by atoms with Gasteiger partial charge in [0.25, 0.3) is 0 Å². The molecule has 0 aliphatic heterocycles. The van der Waals surface area contributed by atoms with Crippen molar-refractivity contribution in [1.29, 1.82) is 0 Å². The SMILES string of the molecule is CSC(C)CNC(=O)Nc1cc(Br)ccc1C(=O)O. The molecule has 0 aliphatic carbocycles. The van der Waals surface area contributed by atoms with Gasteiger partial charge in [-0.15, -0.1) is 0 Å². The van der Waals surface area contributed by atoms with Gasteiger partial charge in [0.1, 0.15) is 0 Å². The molecule has 104 valence electrons. The van der Waals surface area contributed by atoms with E-state index >= 15 is 0 Å². The fourth-order valence-corrected chi connectivity index (χ4v) is 1.90. The Balaban J connectivity index is 2.73. The van der Waals surface area contributed by atoms with Crippen molar-refractivity contribution >= 4 is 45.4 Å². The minimum atomic E-state index is -1.08. The van der Waals surface area contributed by atoms with Gasteiger partial charge in [-0.1, -0.05) is 22.9 Å². The Labute approximate surface area is 124 Å². The molecular weight excluding hydrogens is 332 g/mol. The monoisotopic (exact) mass is 346 g/mol. The minimum absolute atomic E-state index is 0.0521. The predicted molar refractivity (Wildman–Crippen MR) is 81.1 cm³/mol. The number of amides is 2. The third-order valence-electron chi connectivity index (χ3n) is 2.41. The Morgan fingerprint density at radius 1 is 1.47 bits per heavy atom. The number of carbonyl (C=O) groups is 2. The fraction of sp³-hybridized carbons (Fsp3) is 0.333. The number of anilines is 1. The second-order valence-corrected chi connectivity index (χ2v) is 6.07. The van der Waals surface area contributed by atoms with Crippen LogP contribution in [0.15, 0.2) is 22.7 Å². The third-order valence-corrected chi connectivity index (χ3v) is 3.88. The Kier molecular flexibility index (Phi) is 6.17. The second kappa shape index (κ2) is 7.40. The third kappa shape index (κ3) is 5.12. The van der Waals surface area contributed by atoms with Crippen molar-refractivity contribution in [3.05, 3.63) is 28.2 Å². The maximum absolute atomic E-state index is 11.7.